The van der Waals surface area contributed by atoms with Gasteiger partial charge in [0.15, 0.2) is 0 Å². The fourth-order valence-corrected chi connectivity index (χ4v) is 2.85. The molecule has 0 spiro atoms. The van der Waals surface area contributed by atoms with E-state index >= 15 is 0 Å². The predicted octanol–water partition coefficient (Wildman–Crippen LogP) is 3.24. The van der Waals surface area contributed by atoms with Crippen molar-refractivity contribution in [2.45, 2.75) is 13.5 Å². The second kappa shape index (κ2) is 9.67. The number of hydrogen-bond donors (Lipinski definition) is 1. The number of ether oxygens (including phenoxy) is 1. The number of nitrogens with zero attached hydrogens (tertiary/aromatic N) is 2. The van der Waals surface area contributed by atoms with Crippen LogP contribution < -0.4 is 15.7 Å². The van der Waals surface area contributed by atoms with E-state index in [4.69, 9.17) is 16.3 Å². The average molecular weight is 424 g/mol. The molecule has 1 heterocycles. The standard InChI is InChI=1S/C22H18ClN3O4/c1-15(27)30-18-10-8-16(9-11-18)13-24-25-21(28)19-6-4-12-26(22(19)29)14-17-5-2-3-7-20(17)23/h2-13H,14H2,1H3,(H,25,28)/b24-13-. The molecular weight excluding hydrogens is 406 g/mol. The Bertz CT molecular complexity index is 1150. The molecule has 0 fully saturated rings. The van der Waals surface area contributed by atoms with Crippen molar-refractivity contribution < 1.29 is 14.3 Å². The van der Waals surface area contributed by atoms with Gasteiger partial charge in [-0.25, -0.2) is 5.43 Å². The SMILES string of the molecule is CC(=O)Oc1ccc(/C=N\NC(=O)c2cccn(Cc3ccccc3Cl)c2=O)cc1. The number of nitrogens with one attached hydrogen (secondary N) is 1. The van der Waals surface area contributed by atoms with Gasteiger partial charge in [0.05, 0.1) is 12.8 Å². The van der Waals surface area contributed by atoms with Crippen molar-refractivity contribution in [2.75, 3.05) is 0 Å². The Morgan fingerprint density at radius 1 is 1.10 bits per heavy atom. The molecule has 0 radical (unpaired) electrons. The van der Waals surface area contributed by atoms with Gasteiger partial charge in [-0.15, -0.1) is 0 Å². The van der Waals surface area contributed by atoms with Gasteiger partial charge >= 0.3 is 5.97 Å². The molecule has 7 nitrogen and oxygen atoms in total. The number of benzene rings is 2. The molecule has 0 aliphatic rings. The maximum absolute atomic E-state index is 12.7. The molecule has 1 N–H and O–H groups in total. The van der Waals surface area contributed by atoms with Crippen LogP contribution in [0.1, 0.15) is 28.4 Å². The Labute approximate surface area is 177 Å². The highest BCUT2D eigenvalue weighted by Gasteiger charge is 2.12. The van der Waals surface area contributed by atoms with Crippen LogP contribution in [0, 0.1) is 0 Å². The minimum Gasteiger partial charge on any atom is -0.427 e. The monoisotopic (exact) mass is 423 g/mol. The molecule has 8 heteroatoms. The molecule has 1 amide bonds. The van der Waals surface area contributed by atoms with Crippen LogP contribution in [-0.2, 0) is 11.3 Å². The van der Waals surface area contributed by atoms with Gasteiger partial charge in [-0.05, 0) is 53.6 Å². The quantitative estimate of drug-likeness (QED) is 0.285. The lowest BCUT2D eigenvalue weighted by molar-refractivity contribution is -0.131. The number of halogens is 1. The second-order valence-corrected chi connectivity index (χ2v) is 6.72. The highest BCUT2D eigenvalue weighted by atomic mass is 35.5. The lowest BCUT2D eigenvalue weighted by atomic mass is 10.2. The van der Waals surface area contributed by atoms with Gasteiger partial charge in [0, 0.05) is 18.1 Å². The molecule has 0 atom stereocenters. The van der Waals surface area contributed by atoms with Crippen molar-refractivity contribution in [1.82, 2.24) is 9.99 Å². The third-order valence-electron chi connectivity index (χ3n) is 4.08. The molecule has 0 saturated heterocycles. The lowest BCUT2D eigenvalue weighted by Gasteiger charge is -2.09. The molecule has 3 aromatic rings. The van der Waals surface area contributed by atoms with E-state index < -0.39 is 17.4 Å². The second-order valence-electron chi connectivity index (χ2n) is 6.31. The minimum absolute atomic E-state index is 0.0353. The number of amides is 1. The number of carbonyl (C=O) groups excluding carboxylic acids is 2. The van der Waals surface area contributed by atoms with Gasteiger partial charge in [0.25, 0.3) is 11.5 Å². The Balaban J connectivity index is 1.68. The topological polar surface area (TPSA) is 89.8 Å². The van der Waals surface area contributed by atoms with Crippen molar-refractivity contribution >= 4 is 29.7 Å². The van der Waals surface area contributed by atoms with Gasteiger partial charge in [0.1, 0.15) is 11.3 Å². The van der Waals surface area contributed by atoms with E-state index in [-0.39, 0.29) is 12.1 Å². The zero-order valence-electron chi connectivity index (χ0n) is 16.0. The molecular formula is C22H18ClN3O4. The van der Waals surface area contributed by atoms with E-state index in [0.717, 1.165) is 5.56 Å². The van der Waals surface area contributed by atoms with Crippen molar-refractivity contribution in [3.63, 3.8) is 0 Å². The van der Waals surface area contributed by atoms with Gasteiger partial charge < -0.3 is 9.30 Å². The van der Waals surface area contributed by atoms with Crippen LogP contribution in [0.5, 0.6) is 5.75 Å². The average Bonchev–Trinajstić information content (AvgIpc) is 2.72. The summed E-state index contributed by atoms with van der Waals surface area (Å²) in [5, 5.41) is 4.42. The molecule has 3 rings (SSSR count). The number of esters is 1. The number of aromatic nitrogens is 1. The summed E-state index contributed by atoms with van der Waals surface area (Å²) in [6, 6.07) is 16.8. The highest BCUT2D eigenvalue weighted by molar-refractivity contribution is 6.31. The van der Waals surface area contributed by atoms with Crippen molar-refractivity contribution in [3.8, 4) is 5.75 Å². The third kappa shape index (κ3) is 5.42. The van der Waals surface area contributed by atoms with Crippen LogP contribution >= 0.6 is 11.6 Å². The fourth-order valence-electron chi connectivity index (χ4n) is 2.66. The first-order valence-electron chi connectivity index (χ1n) is 8.99. The number of hydrazone groups is 1. The highest BCUT2D eigenvalue weighted by Crippen LogP contribution is 2.15. The normalized spacial score (nSPS) is 10.7. The van der Waals surface area contributed by atoms with Gasteiger partial charge in [-0.3, -0.25) is 14.4 Å². The summed E-state index contributed by atoms with van der Waals surface area (Å²) in [6.45, 7) is 1.56. The van der Waals surface area contributed by atoms with E-state index in [1.807, 2.05) is 12.1 Å². The van der Waals surface area contributed by atoms with Gasteiger partial charge in [-0.2, -0.15) is 5.10 Å². The van der Waals surface area contributed by atoms with Crippen LogP contribution in [-0.4, -0.2) is 22.7 Å². The Morgan fingerprint density at radius 2 is 1.83 bits per heavy atom. The van der Waals surface area contributed by atoms with Crippen molar-refractivity contribution in [2.24, 2.45) is 5.10 Å². The summed E-state index contributed by atoms with van der Waals surface area (Å²) in [4.78, 5) is 36.0. The molecule has 2 aromatic carbocycles. The Kier molecular flexibility index (Phi) is 6.77. The lowest BCUT2D eigenvalue weighted by Crippen LogP contribution is -2.30. The molecule has 0 bridgehead atoms. The summed E-state index contributed by atoms with van der Waals surface area (Å²) >= 11 is 6.15. The first kappa shape index (κ1) is 21.0. The number of hydrogen-bond acceptors (Lipinski definition) is 5. The molecule has 152 valence electrons. The van der Waals surface area contributed by atoms with E-state index in [9.17, 15) is 14.4 Å². The Morgan fingerprint density at radius 3 is 2.53 bits per heavy atom. The van der Waals surface area contributed by atoms with Gasteiger partial charge in [-0.1, -0.05) is 29.8 Å². The van der Waals surface area contributed by atoms with Crippen LogP contribution in [0.15, 0.2) is 76.8 Å². The molecule has 0 saturated carbocycles. The third-order valence-corrected chi connectivity index (χ3v) is 4.45. The minimum atomic E-state index is -0.624. The summed E-state index contributed by atoms with van der Waals surface area (Å²) in [5.41, 5.74) is 3.31. The molecule has 30 heavy (non-hydrogen) atoms. The zero-order chi connectivity index (χ0) is 21.5. The van der Waals surface area contributed by atoms with Crippen molar-refractivity contribution in [1.29, 1.82) is 0 Å². The fraction of sp³-hybridized carbons (Fsp3) is 0.0909. The van der Waals surface area contributed by atoms with E-state index in [1.165, 1.54) is 23.8 Å². The van der Waals surface area contributed by atoms with E-state index in [0.29, 0.717) is 16.3 Å². The van der Waals surface area contributed by atoms with Crippen LogP contribution in [0.25, 0.3) is 0 Å². The zero-order valence-corrected chi connectivity index (χ0v) is 16.8. The first-order chi connectivity index (χ1) is 14.4. The smallest absolute Gasteiger partial charge is 0.308 e. The maximum atomic E-state index is 12.7. The summed E-state index contributed by atoms with van der Waals surface area (Å²) in [5.74, 6) is -0.625. The summed E-state index contributed by atoms with van der Waals surface area (Å²) < 4.78 is 6.36. The van der Waals surface area contributed by atoms with Gasteiger partial charge in [0.2, 0.25) is 0 Å². The number of pyridine rings is 1. The van der Waals surface area contributed by atoms with E-state index in [2.05, 4.69) is 10.5 Å². The number of rotatable bonds is 6. The predicted molar refractivity (Wildman–Crippen MR) is 114 cm³/mol. The van der Waals surface area contributed by atoms with Crippen LogP contribution in [0.3, 0.4) is 0 Å². The Hall–Kier alpha value is -3.71. The van der Waals surface area contributed by atoms with Crippen LogP contribution in [0.4, 0.5) is 0 Å². The van der Waals surface area contributed by atoms with Crippen LogP contribution in [0.2, 0.25) is 5.02 Å². The molecule has 0 aliphatic carbocycles. The first-order valence-corrected chi connectivity index (χ1v) is 9.36. The molecule has 0 unspecified atom stereocenters. The maximum Gasteiger partial charge on any atom is 0.308 e. The molecule has 1 aromatic heterocycles. The van der Waals surface area contributed by atoms with E-state index in [1.54, 1.807) is 48.7 Å². The summed E-state index contributed by atoms with van der Waals surface area (Å²) in [7, 11) is 0. The number of carbonyl (C=O) groups is 2. The summed E-state index contributed by atoms with van der Waals surface area (Å²) in [6.07, 6.45) is 3.01. The van der Waals surface area contributed by atoms with Crippen molar-refractivity contribution in [3.05, 3.63) is 98.9 Å². The molecule has 0 aliphatic heterocycles. The largest absolute Gasteiger partial charge is 0.427 e.